The summed E-state index contributed by atoms with van der Waals surface area (Å²) in [6.07, 6.45) is 25.6. The molecule has 0 saturated carbocycles. The second-order valence-electron chi connectivity index (χ2n) is 9.44. The van der Waals surface area contributed by atoms with Gasteiger partial charge in [0.25, 0.3) is 0 Å². The van der Waals surface area contributed by atoms with Crippen LogP contribution in [0.5, 0.6) is 0 Å². The van der Waals surface area contributed by atoms with Gasteiger partial charge in [-0.25, -0.2) is 0 Å². The Morgan fingerprint density at radius 1 is 0.815 bits per heavy atom. The summed E-state index contributed by atoms with van der Waals surface area (Å²) >= 11 is -3.51. The zero-order valence-electron chi connectivity index (χ0n) is 17.2. The van der Waals surface area contributed by atoms with E-state index in [1.165, 1.54) is 59.6 Å². The van der Waals surface area contributed by atoms with Crippen LogP contribution in [0.25, 0.3) is 0 Å². The number of rotatable bonds is 6. The molecule has 0 N–H and O–H groups in total. The molecular weight excluding hydrogens is 404 g/mol. The van der Waals surface area contributed by atoms with Gasteiger partial charge in [-0.05, 0) is 0 Å². The van der Waals surface area contributed by atoms with E-state index in [1.807, 2.05) is 11.1 Å². The van der Waals surface area contributed by atoms with Gasteiger partial charge in [0.05, 0.1) is 0 Å². The summed E-state index contributed by atoms with van der Waals surface area (Å²) in [6, 6.07) is 0. The van der Waals surface area contributed by atoms with Gasteiger partial charge >= 0.3 is 168 Å². The van der Waals surface area contributed by atoms with Crippen molar-refractivity contribution in [3.63, 3.8) is 0 Å². The third-order valence-electron chi connectivity index (χ3n) is 8.46. The van der Waals surface area contributed by atoms with Crippen LogP contribution in [0, 0.1) is 0 Å². The molecule has 2 atom stereocenters. The number of allylic oxidation sites excluding steroid dienone is 10. The van der Waals surface area contributed by atoms with E-state index in [0.717, 1.165) is 0 Å². The van der Waals surface area contributed by atoms with Crippen molar-refractivity contribution >= 4 is 3.71 Å². The molecule has 0 aromatic rings. The van der Waals surface area contributed by atoms with E-state index in [0.29, 0.717) is 7.25 Å². The molecule has 2 unspecified atom stereocenters. The van der Waals surface area contributed by atoms with Gasteiger partial charge in [0, 0.05) is 0 Å². The van der Waals surface area contributed by atoms with E-state index in [9.17, 15) is 0 Å². The van der Waals surface area contributed by atoms with Gasteiger partial charge in [-0.2, -0.15) is 0 Å². The quantitative estimate of drug-likeness (QED) is 0.366. The molecule has 0 saturated heterocycles. The van der Waals surface area contributed by atoms with Gasteiger partial charge in [0.1, 0.15) is 0 Å². The molecule has 0 aliphatic heterocycles. The fourth-order valence-electron chi connectivity index (χ4n) is 7.13. The summed E-state index contributed by atoms with van der Waals surface area (Å²) < 4.78 is 6.60. The van der Waals surface area contributed by atoms with Crippen LogP contribution in [0.1, 0.15) is 58.3 Å². The molecule has 0 aromatic heterocycles. The second-order valence-corrected chi connectivity index (χ2v) is 25.6. The van der Waals surface area contributed by atoms with Crippen LogP contribution in [0.3, 0.4) is 0 Å². The van der Waals surface area contributed by atoms with Gasteiger partial charge < -0.3 is 0 Å². The Bertz CT molecular complexity index is 771. The second kappa shape index (κ2) is 7.55. The van der Waals surface area contributed by atoms with E-state index in [1.54, 1.807) is 11.1 Å². The van der Waals surface area contributed by atoms with E-state index < -0.39 is 18.3 Å². The molecule has 4 rings (SSSR count). The van der Waals surface area contributed by atoms with Crippen LogP contribution >= 0.6 is 0 Å². The fraction of sp³-hybridized carbons (Fsp3) is 0.500. The van der Waals surface area contributed by atoms with Gasteiger partial charge in [-0.3, -0.25) is 0 Å². The number of hydrogen-bond donors (Lipinski definition) is 0. The summed E-state index contributed by atoms with van der Waals surface area (Å²) in [7, 11) is 0. The molecule has 0 amide bonds. The fourth-order valence-corrected chi connectivity index (χ4v) is 26.3. The van der Waals surface area contributed by atoms with E-state index in [2.05, 4.69) is 60.2 Å². The zero-order chi connectivity index (χ0) is 18.9. The van der Waals surface area contributed by atoms with Crippen molar-refractivity contribution in [2.75, 3.05) is 0 Å². The van der Waals surface area contributed by atoms with Crippen molar-refractivity contribution in [3.8, 4) is 0 Å². The average molecular weight is 440 g/mol. The van der Waals surface area contributed by atoms with E-state index >= 15 is 0 Å². The number of hydrogen-bond acceptors (Lipinski definition) is 0. The predicted molar refractivity (Wildman–Crippen MR) is 119 cm³/mol. The van der Waals surface area contributed by atoms with Crippen LogP contribution in [0.4, 0.5) is 0 Å². The molecular formula is C26H36Zr. The van der Waals surface area contributed by atoms with Crippen molar-refractivity contribution < 1.29 is 18.3 Å². The third-order valence-corrected chi connectivity index (χ3v) is 28.9. The third kappa shape index (κ3) is 2.83. The minimum absolute atomic E-state index is 0.686. The Hall–Kier alpha value is -0.807. The molecule has 0 bridgehead atoms. The standard InChI is InChI=1S/2C9H11.2C3H5.C2H4.Zr/c2*1-2-5-9-7-3-6-8(9)4-1;2*1-3-2;1-2;/h2*3,6-7H,1-2,4-5H2;2*3H,1-2H2;1H,2H3;. The normalized spacial score (nSPS) is 27.6. The van der Waals surface area contributed by atoms with Crippen molar-refractivity contribution in [1.82, 2.24) is 0 Å². The molecule has 0 heterocycles. The predicted octanol–water partition coefficient (Wildman–Crippen LogP) is 8.16. The summed E-state index contributed by atoms with van der Waals surface area (Å²) in [5.41, 5.74) is 6.99. The molecule has 0 nitrogen and oxygen atoms in total. The molecule has 0 spiro atoms. The Morgan fingerprint density at radius 2 is 1.26 bits per heavy atom. The molecule has 27 heavy (non-hydrogen) atoms. The van der Waals surface area contributed by atoms with Crippen LogP contribution < -0.4 is 0 Å². The van der Waals surface area contributed by atoms with Crippen LogP contribution in [-0.4, -0.2) is 3.71 Å². The Balaban J connectivity index is 1.94. The summed E-state index contributed by atoms with van der Waals surface area (Å²) in [5, 5.41) is 0. The zero-order valence-corrected chi connectivity index (χ0v) is 19.6. The first-order valence-corrected chi connectivity index (χ1v) is 18.9. The van der Waals surface area contributed by atoms with Crippen molar-refractivity contribution in [2.24, 2.45) is 0 Å². The van der Waals surface area contributed by atoms with Crippen molar-refractivity contribution in [1.29, 1.82) is 0 Å². The maximum absolute atomic E-state index is 4.29. The molecule has 144 valence electrons. The summed E-state index contributed by atoms with van der Waals surface area (Å²) in [4.78, 5) is 0. The molecule has 0 fully saturated rings. The van der Waals surface area contributed by atoms with Crippen LogP contribution in [-0.2, 0) is 18.3 Å². The minimum atomic E-state index is -3.51. The SMILES string of the molecule is C=C[CH2][Zr](=[CH]C)([CH2]C=C)([CH]1C=CC2=C1CCCC2)[CH]1C=CC2=C1CCCC2. The van der Waals surface area contributed by atoms with Crippen LogP contribution in [0.15, 0.2) is 71.9 Å². The van der Waals surface area contributed by atoms with Crippen molar-refractivity contribution in [2.45, 2.75) is 73.8 Å². The molecule has 4 aliphatic carbocycles. The first-order chi connectivity index (χ1) is 13.2. The van der Waals surface area contributed by atoms with Crippen molar-refractivity contribution in [3.05, 3.63) is 71.9 Å². The van der Waals surface area contributed by atoms with E-state index in [-0.39, 0.29) is 0 Å². The maximum atomic E-state index is 4.29. The van der Waals surface area contributed by atoms with Gasteiger partial charge in [0.15, 0.2) is 0 Å². The Labute approximate surface area is 167 Å². The summed E-state index contributed by atoms with van der Waals surface area (Å²) in [5.74, 6) is 0. The topological polar surface area (TPSA) is 0 Å². The molecule has 4 aliphatic rings. The first-order valence-electron chi connectivity index (χ1n) is 11.2. The van der Waals surface area contributed by atoms with E-state index in [4.69, 9.17) is 0 Å². The van der Waals surface area contributed by atoms with Gasteiger partial charge in [-0.15, -0.1) is 0 Å². The molecule has 1 heteroatoms. The molecule has 0 aromatic carbocycles. The van der Waals surface area contributed by atoms with Gasteiger partial charge in [-0.1, -0.05) is 0 Å². The first kappa shape index (κ1) is 19.5. The Morgan fingerprint density at radius 3 is 1.67 bits per heavy atom. The van der Waals surface area contributed by atoms with Gasteiger partial charge in [0.2, 0.25) is 0 Å². The Kier molecular flexibility index (Phi) is 5.45. The average Bonchev–Trinajstić information content (AvgIpc) is 3.33. The summed E-state index contributed by atoms with van der Waals surface area (Å²) in [6.45, 7) is 11.0. The monoisotopic (exact) mass is 438 g/mol. The molecule has 0 radical (unpaired) electrons. The van der Waals surface area contributed by atoms with Crippen LogP contribution in [0.2, 0.25) is 15.5 Å².